The lowest BCUT2D eigenvalue weighted by Gasteiger charge is -2.05. The van der Waals surface area contributed by atoms with Crippen LogP contribution in [0.4, 0.5) is 8.78 Å². The number of halogens is 2. The molecule has 0 saturated carbocycles. The first kappa shape index (κ1) is 15.4. The molecule has 0 nitrogen and oxygen atoms in total. The average Bonchev–Trinajstić information content (AvgIpc) is 2.49. The van der Waals surface area contributed by atoms with Gasteiger partial charge in [0.15, 0.2) is 0 Å². The minimum atomic E-state index is -1.67. The second kappa shape index (κ2) is 7.72. The van der Waals surface area contributed by atoms with Gasteiger partial charge >= 0.3 is 0 Å². The van der Waals surface area contributed by atoms with Gasteiger partial charge in [-0.2, -0.15) is 8.78 Å². The summed E-state index contributed by atoms with van der Waals surface area (Å²) in [5.41, 5.74) is 4.04. The lowest BCUT2D eigenvalue weighted by Crippen LogP contribution is -1.86. The molecule has 21 heavy (non-hydrogen) atoms. The third kappa shape index (κ3) is 4.82. The summed E-state index contributed by atoms with van der Waals surface area (Å²) < 4.78 is 24.4. The summed E-state index contributed by atoms with van der Waals surface area (Å²) in [4.78, 5) is 0. The van der Waals surface area contributed by atoms with Gasteiger partial charge in [-0.15, -0.1) is 0 Å². The fourth-order valence-corrected chi connectivity index (χ4v) is 2.34. The summed E-state index contributed by atoms with van der Waals surface area (Å²) in [6.45, 7) is 2.21. The Bertz CT molecular complexity index is 576. The lowest BCUT2D eigenvalue weighted by molar-refractivity contribution is 0.429. The highest BCUT2D eigenvalue weighted by molar-refractivity contribution is 5.66. The highest BCUT2D eigenvalue weighted by atomic mass is 19.3. The normalized spacial score (nSPS) is 10.4. The van der Waals surface area contributed by atoms with E-state index in [9.17, 15) is 8.78 Å². The molecule has 2 heteroatoms. The largest absolute Gasteiger partial charge is 0.270 e. The van der Waals surface area contributed by atoms with Crippen LogP contribution in [0, 0.1) is 0 Å². The van der Waals surface area contributed by atoms with E-state index >= 15 is 0 Å². The highest BCUT2D eigenvalue weighted by Crippen LogP contribution is 2.22. The summed E-state index contributed by atoms with van der Waals surface area (Å²) in [6.07, 6.45) is 4.05. The fourth-order valence-electron chi connectivity index (χ4n) is 2.34. The molecule has 0 radical (unpaired) electrons. The van der Waals surface area contributed by atoms with E-state index in [4.69, 9.17) is 0 Å². The topological polar surface area (TPSA) is 0 Å². The number of hydrogen-bond acceptors (Lipinski definition) is 0. The Morgan fingerprint density at radius 2 is 1.43 bits per heavy atom. The van der Waals surface area contributed by atoms with Gasteiger partial charge in [0, 0.05) is 6.08 Å². The van der Waals surface area contributed by atoms with E-state index < -0.39 is 6.08 Å². The van der Waals surface area contributed by atoms with Gasteiger partial charge in [0.1, 0.15) is 0 Å². The molecule has 0 heterocycles. The summed E-state index contributed by atoms with van der Waals surface area (Å²) in [5.74, 6) is 0. The standard InChI is InChI=1S/C19H20F2/c1-2-3-4-5-15-6-10-17(11-7-15)18-12-8-16(9-13-18)14-19(20)21/h6-14H,2-5H2,1H3. The van der Waals surface area contributed by atoms with E-state index in [-0.39, 0.29) is 0 Å². The zero-order valence-electron chi connectivity index (χ0n) is 12.3. The predicted molar refractivity (Wildman–Crippen MR) is 85.3 cm³/mol. The van der Waals surface area contributed by atoms with Crippen LogP contribution < -0.4 is 0 Å². The molecule has 0 N–H and O–H groups in total. The van der Waals surface area contributed by atoms with Crippen molar-refractivity contribution >= 4 is 6.08 Å². The summed E-state index contributed by atoms with van der Waals surface area (Å²) in [5, 5.41) is 0. The number of benzene rings is 2. The zero-order valence-corrected chi connectivity index (χ0v) is 12.3. The van der Waals surface area contributed by atoms with Crippen molar-refractivity contribution in [1.82, 2.24) is 0 Å². The van der Waals surface area contributed by atoms with Crippen molar-refractivity contribution in [2.75, 3.05) is 0 Å². The molecular formula is C19H20F2. The smallest absolute Gasteiger partial charge is 0.173 e. The minimum Gasteiger partial charge on any atom is -0.173 e. The first-order valence-electron chi connectivity index (χ1n) is 7.41. The molecule has 0 aromatic heterocycles. The van der Waals surface area contributed by atoms with Crippen LogP contribution in [0.3, 0.4) is 0 Å². The molecule has 2 rings (SSSR count). The Morgan fingerprint density at radius 3 is 1.95 bits per heavy atom. The van der Waals surface area contributed by atoms with Gasteiger partial charge in [-0.3, -0.25) is 0 Å². The minimum absolute atomic E-state index is 0.523. The van der Waals surface area contributed by atoms with Crippen molar-refractivity contribution in [3.63, 3.8) is 0 Å². The number of aryl methyl sites for hydroxylation is 1. The van der Waals surface area contributed by atoms with Crippen molar-refractivity contribution < 1.29 is 8.78 Å². The molecule has 0 bridgehead atoms. The Morgan fingerprint density at radius 1 is 0.857 bits per heavy atom. The van der Waals surface area contributed by atoms with Gasteiger partial charge in [-0.1, -0.05) is 68.3 Å². The maximum Gasteiger partial charge on any atom is 0.270 e. The SMILES string of the molecule is CCCCCc1ccc(-c2ccc(C=C(F)F)cc2)cc1. The van der Waals surface area contributed by atoms with Gasteiger partial charge in [0.25, 0.3) is 6.08 Å². The molecule has 110 valence electrons. The van der Waals surface area contributed by atoms with Crippen molar-refractivity contribution in [2.24, 2.45) is 0 Å². The molecule has 0 saturated heterocycles. The monoisotopic (exact) mass is 286 g/mol. The number of hydrogen-bond donors (Lipinski definition) is 0. The van der Waals surface area contributed by atoms with Gasteiger partial charge in [-0.25, -0.2) is 0 Å². The Kier molecular flexibility index (Phi) is 5.68. The van der Waals surface area contributed by atoms with Crippen LogP contribution in [0.1, 0.15) is 37.3 Å². The number of rotatable bonds is 6. The van der Waals surface area contributed by atoms with Crippen LogP contribution in [0.5, 0.6) is 0 Å². The lowest BCUT2D eigenvalue weighted by atomic mass is 10.0. The molecule has 0 atom stereocenters. The second-order valence-corrected chi connectivity index (χ2v) is 5.21. The van der Waals surface area contributed by atoms with E-state index in [0.717, 1.165) is 23.6 Å². The van der Waals surface area contributed by atoms with Crippen LogP contribution in [-0.4, -0.2) is 0 Å². The second-order valence-electron chi connectivity index (χ2n) is 5.21. The summed E-state index contributed by atoms with van der Waals surface area (Å²) in [7, 11) is 0. The molecule has 2 aromatic rings. The van der Waals surface area contributed by atoms with E-state index in [2.05, 4.69) is 31.2 Å². The van der Waals surface area contributed by atoms with Crippen molar-refractivity contribution in [3.05, 3.63) is 65.7 Å². The Hall–Kier alpha value is -1.96. The maximum absolute atomic E-state index is 12.2. The third-order valence-corrected chi connectivity index (χ3v) is 3.54. The average molecular weight is 286 g/mol. The molecule has 2 aromatic carbocycles. The summed E-state index contributed by atoms with van der Waals surface area (Å²) >= 11 is 0. The van der Waals surface area contributed by atoms with Crippen LogP contribution in [0.2, 0.25) is 0 Å². The summed E-state index contributed by atoms with van der Waals surface area (Å²) in [6, 6.07) is 15.7. The first-order chi connectivity index (χ1) is 10.2. The van der Waals surface area contributed by atoms with Gasteiger partial charge in [0.05, 0.1) is 0 Å². The molecule has 0 unspecified atom stereocenters. The van der Waals surface area contributed by atoms with E-state index in [0.29, 0.717) is 5.56 Å². The van der Waals surface area contributed by atoms with Crippen molar-refractivity contribution in [3.8, 4) is 11.1 Å². The Balaban J connectivity index is 2.06. The fraction of sp³-hybridized carbons (Fsp3) is 0.263. The number of unbranched alkanes of at least 4 members (excludes halogenated alkanes) is 2. The molecule has 0 spiro atoms. The quantitative estimate of drug-likeness (QED) is 0.545. The van der Waals surface area contributed by atoms with Crippen LogP contribution in [0.15, 0.2) is 54.6 Å². The molecule has 0 aliphatic heterocycles. The molecule has 0 fully saturated rings. The molecular weight excluding hydrogens is 266 g/mol. The van der Waals surface area contributed by atoms with Crippen LogP contribution in [-0.2, 0) is 6.42 Å². The highest BCUT2D eigenvalue weighted by Gasteiger charge is 1.99. The van der Waals surface area contributed by atoms with Crippen molar-refractivity contribution in [1.29, 1.82) is 0 Å². The van der Waals surface area contributed by atoms with E-state index in [1.807, 2.05) is 12.1 Å². The Labute approximate surface area is 125 Å². The van der Waals surface area contributed by atoms with E-state index in [1.54, 1.807) is 12.1 Å². The van der Waals surface area contributed by atoms with E-state index in [1.165, 1.54) is 24.8 Å². The molecule has 0 amide bonds. The third-order valence-electron chi connectivity index (χ3n) is 3.54. The van der Waals surface area contributed by atoms with Crippen molar-refractivity contribution in [2.45, 2.75) is 32.6 Å². The van der Waals surface area contributed by atoms with Crippen LogP contribution >= 0.6 is 0 Å². The molecule has 0 aliphatic rings. The van der Waals surface area contributed by atoms with Gasteiger partial charge in [0.2, 0.25) is 0 Å². The van der Waals surface area contributed by atoms with Gasteiger partial charge in [-0.05, 0) is 35.1 Å². The predicted octanol–water partition coefficient (Wildman–Crippen LogP) is 6.32. The zero-order chi connectivity index (χ0) is 15.1. The van der Waals surface area contributed by atoms with Crippen LogP contribution in [0.25, 0.3) is 17.2 Å². The van der Waals surface area contributed by atoms with Gasteiger partial charge < -0.3 is 0 Å². The maximum atomic E-state index is 12.2. The molecule has 0 aliphatic carbocycles. The first-order valence-corrected chi connectivity index (χ1v) is 7.41.